The first kappa shape index (κ1) is 45.2. The van der Waals surface area contributed by atoms with Crippen LogP contribution < -0.4 is 31.3 Å². The number of ether oxygens (including phenoxy) is 2. The van der Waals surface area contributed by atoms with Crippen molar-refractivity contribution >= 4 is 69.7 Å². The number of anilines is 1. The molecule has 1 spiro atoms. The van der Waals surface area contributed by atoms with Crippen LogP contribution in [0.2, 0.25) is 0 Å². The molecule has 2 aliphatic rings. The van der Waals surface area contributed by atoms with Crippen molar-refractivity contribution in [3.8, 4) is 23.0 Å². The van der Waals surface area contributed by atoms with E-state index in [9.17, 15) is 49.2 Å². The molecule has 65 heavy (non-hydrogen) atoms. The van der Waals surface area contributed by atoms with E-state index in [0.29, 0.717) is 58.4 Å². The average Bonchev–Trinajstić information content (AvgIpc) is 3.53. The number of nitrogens with one attached hydrogen (secondary N) is 5. The number of phenols is 2. The zero-order chi connectivity index (χ0) is 46.6. The SMILES string of the molecule is Cc1nc2ccc(C(=O)NCCC(=O)N[C@H](CC(=O)N[C@H](CCCCNC(=S)Nc3ccc4c(c3)C(=O)OC43c4ccc(O)cc4Oc4cc(O)ccc43)C(=O)O)C(=O)O)cc2nc1C. The molecule has 5 aromatic rings. The second-order valence-electron chi connectivity index (χ2n) is 15.4. The minimum Gasteiger partial charge on any atom is -0.508 e. The lowest BCUT2D eigenvalue weighted by Gasteiger charge is -2.36. The van der Waals surface area contributed by atoms with Gasteiger partial charge in [0.25, 0.3) is 5.91 Å². The number of fused-ring (bicyclic) bond motifs is 7. The van der Waals surface area contributed by atoms with Gasteiger partial charge in [-0.25, -0.2) is 24.4 Å². The second kappa shape index (κ2) is 18.9. The third-order valence-electron chi connectivity index (χ3n) is 10.9. The van der Waals surface area contributed by atoms with Gasteiger partial charge in [0.05, 0.1) is 34.4 Å². The van der Waals surface area contributed by atoms with Crippen molar-refractivity contribution in [1.82, 2.24) is 31.2 Å². The number of phenolic OH excluding ortho intramolecular Hbond substituents is 2. The Kier molecular flexibility index (Phi) is 13.1. The highest BCUT2D eigenvalue weighted by Gasteiger charge is 2.53. The topological polar surface area (TPSA) is 288 Å². The van der Waals surface area contributed by atoms with Crippen molar-refractivity contribution in [3.05, 3.63) is 112 Å². The number of rotatable bonds is 16. The van der Waals surface area contributed by atoms with Gasteiger partial charge >= 0.3 is 17.9 Å². The molecule has 1 aromatic heterocycles. The average molecular weight is 906 g/mol. The molecule has 0 bridgehead atoms. The summed E-state index contributed by atoms with van der Waals surface area (Å²) in [5.74, 6) is -5.23. The molecule has 19 nitrogen and oxygen atoms in total. The normalized spacial score (nSPS) is 13.8. The number of aromatic hydroxyl groups is 2. The molecular formula is C45H43N7O12S. The van der Waals surface area contributed by atoms with E-state index < -0.39 is 59.7 Å². The third kappa shape index (κ3) is 9.86. The summed E-state index contributed by atoms with van der Waals surface area (Å²) in [5, 5.41) is 53.1. The Labute approximate surface area is 375 Å². The summed E-state index contributed by atoms with van der Waals surface area (Å²) < 4.78 is 12.1. The molecule has 9 N–H and O–H groups in total. The number of nitrogens with zero attached hydrogens (tertiary/aromatic N) is 2. The Morgan fingerprint density at radius 1 is 0.723 bits per heavy atom. The minimum absolute atomic E-state index is 0.000977. The molecule has 0 unspecified atom stereocenters. The Hall–Kier alpha value is -7.87. The molecule has 0 radical (unpaired) electrons. The van der Waals surface area contributed by atoms with E-state index in [-0.39, 0.29) is 53.1 Å². The number of hydrogen-bond donors (Lipinski definition) is 9. The van der Waals surface area contributed by atoms with Crippen LogP contribution >= 0.6 is 12.2 Å². The predicted octanol–water partition coefficient (Wildman–Crippen LogP) is 4.03. The van der Waals surface area contributed by atoms with Crippen molar-refractivity contribution in [2.75, 3.05) is 18.4 Å². The number of benzene rings is 4. The number of aromatic nitrogens is 2. The fraction of sp³-hybridized carbons (Fsp3) is 0.267. The molecule has 2 aliphatic heterocycles. The molecule has 336 valence electrons. The van der Waals surface area contributed by atoms with Gasteiger partial charge in [0.2, 0.25) is 11.8 Å². The van der Waals surface area contributed by atoms with Crippen LogP contribution in [0.15, 0.2) is 72.8 Å². The Morgan fingerprint density at radius 3 is 2.02 bits per heavy atom. The number of unbranched alkanes of at least 4 members (excludes halogenated alkanes) is 1. The van der Waals surface area contributed by atoms with E-state index in [0.717, 1.165) is 11.4 Å². The summed E-state index contributed by atoms with van der Waals surface area (Å²) in [6.07, 6.45) is -0.288. The summed E-state index contributed by atoms with van der Waals surface area (Å²) in [4.78, 5) is 84.2. The first-order valence-electron chi connectivity index (χ1n) is 20.4. The van der Waals surface area contributed by atoms with Crippen LogP contribution in [0.3, 0.4) is 0 Å². The number of carbonyl (C=O) groups excluding carboxylic acids is 4. The Morgan fingerprint density at radius 2 is 1.35 bits per heavy atom. The molecule has 3 amide bonds. The molecule has 0 saturated heterocycles. The number of aliphatic carboxylic acids is 2. The molecule has 20 heteroatoms. The van der Waals surface area contributed by atoms with Gasteiger partial charge in [-0.15, -0.1) is 0 Å². The summed E-state index contributed by atoms with van der Waals surface area (Å²) >= 11 is 5.45. The lowest BCUT2D eigenvalue weighted by Crippen LogP contribution is -2.47. The van der Waals surface area contributed by atoms with Gasteiger partial charge in [0.15, 0.2) is 10.7 Å². The monoisotopic (exact) mass is 905 g/mol. The van der Waals surface area contributed by atoms with E-state index in [1.165, 1.54) is 24.3 Å². The van der Waals surface area contributed by atoms with Crippen LogP contribution in [0.1, 0.15) is 80.9 Å². The molecule has 0 aliphatic carbocycles. The zero-order valence-corrected chi connectivity index (χ0v) is 35.7. The first-order chi connectivity index (χ1) is 31.0. The number of amides is 3. The fourth-order valence-corrected chi connectivity index (χ4v) is 7.78. The second-order valence-corrected chi connectivity index (χ2v) is 15.8. The number of hydrogen-bond acceptors (Lipinski definition) is 13. The lowest BCUT2D eigenvalue weighted by molar-refractivity contribution is -0.144. The van der Waals surface area contributed by atoms with E-state index in [1.54, 1.807) is 55.5 Å². The van der Waals surface area contributed by atoms with Crippen molar-refractivity contribution in [3.63, 3.8) is 0 Å². The maximum absolute atomic E-state index is 13.4. The van der Waals surface area contributed by atoms with Crippen LogP contribution in [0.25, 0.3) is 11.0 Å². The van der Waals surface area contributed by atoms with Crippen LogP contribution in [0, 0.1) is 13.8 Å². The van der Waals surface area contributed by atoms with Gasteiger partial charge in [0, 0.05) is 59.6 Å². The molecule has 0 saturated carbocycles. The van der Waals surface area contributed by atoms with Crippen LogP contribution in [0.4, 0.5) is 5.69 Å². The smallest absolute Gasteiger partial charge is 0.340 e. The van der Waals surface area contributed by atoms with Crippen molar-refractivity contribution in [2.45, 2.75) is 63.6 Å². The van der Waals surface area contributed by atoms with Crippen LogP contribution in [-0.4, -0.2) is 96.3 Å². The molecule has 7 rings (SSSR count). The number of carboxylic acid groups (broad SMARTS) is 2. The molecule has 3 heterocycles. The summed E-state index contributed by atoms with van der Waals surface area (Å²) in [5.41, 5.74) is 3.68. The van der Waals surface area contributed by atoms with Crippen LogP contribution in [0.5, 0.6) is 23.0 Å². The van der Waals surface area contributed by atoms with Gasteiger partial charge in [-0.05, 0) is 99.9 Å². The van der Waals surface area contributed by atoms with E-state index in [1.807, 2.05) is 6.92 Å². The maximum atomic E-state index is 13.4. The number of carboxylic acids is 2. The van der Waals surface area contributed by atoms with Gasteiger partial charge in [-0.3, -0.25) is 14.4 Å². The first-order valence-corrected chi connectivity index (χ1v) is 20.8. The van der Waals surface area contributed by atoms with Crippen molar-refractivity contribution in [2.24, 2.45) is 0 Å². The molecule has 2 atom stereocenters. The summed E-state index contributed by atoms with van der Waals surface area (Å²) in [7, 11) is 0. The lowest BCUT2D eigenvalue weighted by atomic mass is 9.77. The van der Waals surface area contributed by atoms with Crippen molar-refractivity contribution in [1.29, 1.82) is 0 Å². The molecule has 4 aromatic carbocycles. The number of aryl methyl sites for hydroxylation is 2. The molecular weight excluding hydrogens is 863 g/mol. The summed E-state index contributed by atoms with van der Waals surface area (Å²) in [6.45, 7) is 3.80. The van der Waals surface area contributed by atoms with Gasteiger partial charge in [-0.2, -0.15) is 0 Å². The number of carbonyl (C=O) groups is 6. The minimum atomic E-state index is -1.66. The van der Waals surface area contributed by atoms with E-state index in [2.05, 4.69) is 36.6 Å². The quantitative estimate of drug-likeness (QED) is 0.0384. The summed E-state index contributed by atoms with van der Waals surface area (Å²) in [6, 6.07) is 15.7. The van der Waals surface area contributed by atoms with Gasteiger partial charge < -0.3 is 56.5 Å². The standard InChI is InChI=1S/C45H43N7O12S/c1-22-23(2)49-34-17-24(6-13-32(34)48-22)40(57)46-16-14-38(55)52-35(42(60)61)21-39(56)51-33(41(58)59)5-3-4-15-47-44(65)50-25-7-10-29-28(18-25)43(62)64-45(29)30-11-8-26(53)19-36(30)63-37-20-27(54)9-12-31(37)45/h6-13,17-20,33,35,53-54H,3-5,14-16,21H2,1-2H3,(H,46,57)(H,51,56)(H,52,55)(H,58,59)(H,60,61)(H2,47,50,65)/t33-,35-/m1/s1. The van der Waals surface area contributed by atoms with Gasteiger partial charge in [0.1, 0.15) is 35.1 Å². The van der Waals surface area contributed by atoms with Gasteiger partial charge in [-0.1, -0.05) is 6.07 Å². The number of esters is 1. The zero-order valence-electron chi connectivity index (χ0n) is 34.9. The largest absolute Gasteiger partial charge is 0.508 e. The third-order valence-corrected chi connectivity index (χ3v) is 11.1. The Balaban J connectivity index is 0.853. The van der Waals surface area contributed by atoms with E-state index >= 15 is 0 Å². The highest BCUT2D eigenvalue weighted by Crippen LogP contribution is 2.57. The Bertz CT molecular complexity index is 2730. The molecule has 0 fully saturated rings. The maximum Gasteiger partial charge on any atom is 0.340 e. The highest BCUT2D eigenvalue weighted by molar-refractivity contribution is 7.80. The van der Waals surface area contributed by atoms with Crippen molar-refractivity contribution < 1.29 is 58.7 Å². The van der Waals surface area contributed by atoms with Crippen LogP contribution in [-0.2, 0) is 29.5 Å². The fourth-order valence-electron chi connectivity index (χ4n) is 7.56. The predicted molar refractivity (Wildman–Crippen MR) is 236 cm³/mol. The number of thiocarbonyl (C=S) groups is 1. The highest BCUT2D eigenvalue weighted by atomic mass is 32.1. The van der Waals surface area contributed by atoms with E-state index in [4.69, 9.17) is 21.7 Å².